The summed E-state index contributed by atoms with van der Waals surface area (Å²) in [6, 6.07) is 2.56. The van der Waals surface area contributed by atoms with Gasteiger partial charge in [0.1, 0.15) is 28.3 Å². The molecule has 2 N–H and O–H groups in total. The van der Waals surface area contributed by atoms with Gasteiger partial charge in [0, 0.05) is 0 Å². The Labute approximate surface area is 124 Å². The Kier molecular flexibility index (Phi) is 5.78. The number of hydrogen-bond donors (Lipinski definition) is 2. The topological polar surface area (TPSA) is 110 Å². The molecule has 0 atom stereocenters. The molecule has 0 amide bonds. The van der Waals surface area contributed by atoms with Crippen LogP contribution in [0.4, 0.5) is 0 Å². The van der Waals surface area contributed by atoms with Crippen molar-refractivity contribution in [2.75, 3.05) is 19.0 Å². The molecule has 20 heavy (non-hydrogen) atoms. The molecule has 0 aliphatic carbocycles. The van der Waals surface area contributed by atoms with Gasteiger partial charge in [-0.25, -0.2) is 4.79 Å². The first-order valence-corrected chi connectivity index (χ1v) is 7.92. The van der Waals surface area contributed by atoms with Gasteiger partial charge in [-0.2, -0.15) is 8.42 Å². The predicted octanol–water partition coefficient (Wildman–Crippen LogP) is 1.81. The van der Waals surface area contributed by atoms with Gasteiger partial charge in [-0.05, 0) is 35.0 Å². The summed E-state index contributed by atoms with van der Waals surface area (Å²) in [4.78, 5) is 11.0. The van der Waals surface area contributed by atoms with E-state index in [0.29, 0.717) is 11.1 Å². The number of carboxylic acids is 1. The lowest BCUT2D eigenvalue weighted by Crippen LogP contribution is -2.13. The molecule has 0 aromatic heterocycles. The second kappa shape index (κ2) is 6.91. The van der Waals surface area contributed by atoms with E-state index < -0.39 is 21.8 Å². The van der Waals surface area contributed by atoms with E-state index in [-0.39, 0.29) is 23.7 Å². The SMILES string of the molecule is CCOc1cc(C(=O)O)cc(OCCS(=O)(=O)O)c1Br. The van der Waals surface area contributed by atoms with E-state index >= 15 is 0 Å². The van der Waals surface area contributed by atoms with Crippen molar-refractivity contribution in [1.82, 2.24) is 0 Å². The van der Waals surface area contributed by atoms with E-state index in [2.05, 4.69) is 15.9 Å². The van der Waals surface area contributed by atoms with E-state index in [1.165, 1.54) is 12.1 Å². The highest BCUT2D eigenvalue weighted by atomic mass is 79.9. The van der Waals surface area contributed by atoms with E-state index in [1.807, 2.05) is 0 Å². The van der Waals surface area contributed by atoms with Gasteiger partial charge < -0.3 is 14.6 Å². The highest BCUT2D eigenvalue weighted by Gasteiger charge is 2.15. The number of carboxylic acid groups (broad SMARTS) is 1. The van der Waals surface area contributed by atoms with Crippen molar-refractivity contribution >= 4 is 32.0 Å². The fraction of sp³-hybridized carbons (Fsp3) is 0.364. The summed E-state index contributed by atoms with van der Waals surface area (Å²) in [6.07, 6.45) is 0. The van der Waals surface area contributed by atoms with Gasteiger partial charge in [0.15, 0.2) is 0 Å². The number of rotatable bonds is 7. The first kappa shape index (κ1) is 16.7. The van der Waals surface area contributed by atoms with Gasteiger partial charge in [0.25, 0.3) is 10.1 Å². The monoisotopic (exact) mass is 368 g/mol. The Hall–Kier alpha value is -1.32. The zero-order valence-corrected chi connectivity index (χ0v) is 12.9. The molecular weight excluding hydrogens is 356 g/mol. The number of benzene rings is 1. The van der Waals surface area contributed by atoms with Crippen LogP contribution in [-0.2, 0) is 10.1 Å². The summed E-state index contributed by atoms with van der Waals surface area (Å²) < 4.78 is 40.6. The van der Waals surface area contributed by atoms with Gasteiger partial charge in [-0.15, -0.1) is 0 Å². The molecule has 0 radical (unpaired) electrons. The third-order valence-electron chi connectivity index (χ3n) is 2.15. The fourth-order valence-electron chi connectivity index (χ4n) is 1.32. The zero-order valence-electron chi connectivity index (χ0n) is 10.5. The van der Waals surface area contributed by atoms with Crippen LogP contribution in [0.3, 0.4) is 0 Å². The van der Waals surface area contributed by atoms with Crippen LogP contribution in [0, 0.1) is 0 Å². The quantitative estimate of drug-likeness (QED) is 0.706. The summed E-state index contributed by atoms with van der Waals surface area (Å²) in [5, 5.41) is 8.99. The number of ether oxygens (including phenoxy) is 2. The van der Waals surface area contributed by atoms with Gasteiger partial charge in [0.2, 0.25) is 0 Å². The Balaban J connectivity index is 3.01. The van der Waals surface area contributed by atoms with Crippen LogP contribution in [0.25, 0.3) is 0 Å². The molecule has 112 valence electrons. The molecule has 0 bridgehead atoms. The van der Waals surface area contributed by atoms with E-state index in [1.54, 1.807) is 6.92 Å². The number of aromatic carboxylic acids is 1. The molecule has 7 nitrogen and oxygen atoms in total. The smallest absolute Gasteiger partial charge is 0.335 e. The lowest BCUT2D eigenvalue weighted by atomic mass is 10.2. The van der Waals surface area contributed by atoms with Crippen LogP contribution in [0.5, 0.6) is 11.5 Å². The fourth-order valence-corrected chi connectivity index (χ4v) is 2.07. The van der Waals surface area contributed by atoms with Crippen LogP contribution in [0.2, 0.25) is 0 Å². The van der Waals surface area contributed by atoms with Crippen molar-refractivity contribution in [3.63, 3.8) is 0 Å². The average molecular weight is 369 g/mol. The normalized spacial score (nSPS) is 11.2. The molecule has 0 aliphatic rings. The first-order valence-electron chi connectivity index (χ1n) is 5.52. The Morgan fingerprint density at radius 2 is 1.85 bits per heavy atom. The minimum Gasteiger partial charge on any atom is -0.493 e. The van der Waals surface area contributed by atoms with E-state index in [9.17, 15) is 13.2 Å². The molecule has 0 unspecified atom stereocenters. The highest BCUT2D eigenvalue weighted by Crippen LogP contribution is 2.36. The molecule has 9 heteroatoms. The second-order valence-electron chi connectivity index (χ2n) is 3.66. The summed E-state index contributed by atoms with van der Waals surface area (Å²) in [7, 11) is -4.14. The van der Waals surface area contributed by atoms with Crippen LogP contribution >= 0.6 is 15.9 Å². The molecule has 0 aliphatic heterocycles. The number of hydrogen-bond acceptors (Lipinski definition) is 5. The molecular formula is C11H13BrO7S. The molecule has 0 heterocycles. The maximum absolute atomic E-state index is 11.0. The third kappa shape index (κ3) is 4.99. The van der Waals surface area contributed by atoms with Crippen molar-refractivity contribution < 1.29 is 32.3 Å². The number of halogens is 1. The number of carbonyl (C=O) groups is 1. The van der Waals surface area contributed by atoms with Crippen LogP contribution in [0.1, 0.15) is 17.3 Å². The second-order valence-corrected chi connectivity index (χ2v) is 6.02. The maximum atomic E-state index is 11.0. The average Bonchev–Trinajstić information content (AvgIpc) is 2.32. The Morgan fingerprint density at radius 3 is 2.30 bits per heavy atom. The van der Waals surface area contributed by atoms with E-state index in [0.717, 1.165) is 0 Å². The van der Waals surface area contributed by atoms with Gasteiger partial charge in [-0.1, -0.05) is 0 Å². The maximum Gasteiger partial charge on any atom is 0.335 e. The molecule has 0 spiro atoms. The largest absolute Gasteiger partial charge is 0.493 e. The van der Waals surface area contributed by atoms with Crippen LogP contribution in [0.15, 0.2) is 16.6 Å². The van der Waals surface area contributed by atoms with Gasteiger partial charge >= 0.3 is 5.97 Å². The standard InChI is InChI=1S/C11H13BrO7S/c1-2-18-8-5-7(11(13)14)6-9(10(8)12)19-3-4-20(15,16)17/h5-6H,2-4H2,1H3,(H,13,14)(H,15,16,17). The lowest BCUT2D eigenvalue weighted by Gasteiger charge is -2.13. The van der Waals surface area contributed by atoms with Gasteiger partial charge in [-0.3, -0.25) is 4.55 Å². The summed E-state index contributed by atoms with van der Waals surface area (Å²) in [6.45, 7) is 1.75. The molecule has 1 rings (SSSR count). The first-order chi connectivity index (χ1) is 9.24. The van der Waals surface area contributed by atoms with Crippen molar-refractivity contribution in [3.05, 3.63) is 22.2 Å². The van der Waals surface area contributed by atoms with Crippen molar-refractivity contribution in [2.45, 2.75) is 6.92 Å². The summed E-state index contributed by atoms with van der Waals surface area (Å²) >= 11 is 3.19. The van der Waals surface area contributed by atoms with E-state index in [4.69, 9.17) is 19.1 Å². The third-order valence-corrected chi connectivity index (χ3v) is 3.62. The minimum absolute atomic E-state index is 0.0569. The van der Waals surface area contributed by atoms with Gasteiger partial charge in [0.05, 0.1) is 12.2 Å². The zero-order chi connectivity index (χ0) is 15.3. The predicted molar refractivity (Wildman–Crippen MR) is 74.2 cm³/mol. The lowest BCUT2D eigenvalue weighted by molar-refractivity contribution is 0.0695. The molecule has 0 fully saturated rings. The minimum atomic E-state index is -4.14. The van der Waals surface area contributed by atoms with Crippen molar-refractivity contribution in [2.24, 2.45) is 0 Å². The molecule has 0 saturated heterocycles. The molecule has 1 aromatic carbocycles. The summed E-state index contributed by atoms with van der Waals surface area (Å²) in [5.41, 5.74) is -0.0569. The van der Waals surface area contributed by atoms with Crippen LogP contribution < -0.4 is 9.47 Å². The van der Waals surface area contributed by atoms with Crippen molar-refractivity contribution in [3.8, 4) is 11.5 Å². The molecule has 0 saturated carbocycles. The summed E-state index contributed by atoms with van der Waals surface area (Å²) in [5.74, 6) is -1.37. The van der Waals surface area contributed by atoms with Crippen LogP contribution in [-0.4, -0.2) is 43.0 Å². The highest BCUT2D eigenvalue weighted by molar-refractivity contribution is 9.10. The molecule has 1 aromatic rings. The van der Waals surface area contributed by atoms with Crippen molar-refractivity contribution in [1.29, 1.82) is 0 Å². The Bertz CT molecular complexity index is 597. The Morgan fingerprint density at radius 1 is 1.30 bits per heavy atom.